The Morgan fingerprint density at radius 2 is 2.14 bits per heavy atom. The molecule has 0 radical (unpaired) electrons. The van der Waals surface area contributed by atoms with Gasteiger partial charge in [-0.2, -0.15) is 4.89 Å². The van der Waals surface area contributed by atoms with Gasteiger partial charge >= 0.3 is 6.29 Å². The van der Waals surface area contributed by atoms with Gasteiger partial charge in [0, 0.05) is 0 Å². The lowest BCUT2D eigenvalue weighted by molar-refractivity contribution is -0.424. The monoisotopic (exact) mass is 112 g/mol. The van der Waals surface area contributed by atoms with Gasteiger partial charge in [0.25, 0.3) is 0 Å². The van der Waals surface area contributed by atoms with Crippen molar-refractivity contribution in [1.82, 2.24) is 0 Å². The van der Waals surface area contributed by atoms with Crippen molar-refractivity contribution >= 4 is 0 Å². The van der Waals surface area contributed by atoms with Gasteiger partial charge in [-0.25, -0.2) is 0 Å². The Balaban J connectivity index is 2.40. The molecule has 0 N–H and O–H groups in total. The van der Waals surface area contributed by atoms with Crippen LogP contribution in [-0.4, -0.2) is 13.1 Å². The fourth-order valence-corrected chi connectivity index (χ4v) is 0.209. The minimum absolute atomic E-state index is 0.507. The second-order valence-electron chi connectivity index (χ2n) is 0.927. The summed E-state index contributed by atoms with van der Waals surface area (Å²) in [5, 5.41) is 0. The molecule has 0 amide bonds. The molecule has 0 saturated carbocycles. The molecule has 0 aromatic heterocycles. The average Bonchev–Trinajstić information content (AvgIpc) is 1.84. The molecule has 0 spiro atoms. The Hall–Kier alpha value is -0.260. The van der Waals surface area contributed by atoms with Crippen LogP contribution in [0.3, 0.4) is 0 Å². The number of halogens is 2. The van der Waals surface area contributed by atoms with Crippen LogP contribution in [0.2, 0.25) is 0 Å². The molecule has 5 heteroatoms. The van der Waals surface area contributed by atoms with Crippen molar-refractivity contribution in [1.29, 1.82) is 0 Å². The molecule has 1 fully saturated rings. The zero-order chi connectivity index (χ0) is 5.33. The second-order valence-corrected chi connectivity index (χ2v) is 0.927. The third-order valence-corrected chi connectivity index (χ3v) is 0.431. The zero-order valence-electron chi connectivity index (χ0n) is 3.19. The van der Waals surface area contributed by atoms with Crippen molar-refractivity contribution in [2.75, 3.05) is 6.79 Å². The van der Waals surface area contributed by atoms with Crippen LogP contribution in [0.4, 0.5) is 8.78 Å². The molecule has 0 atom stereocenters. The van der Waals surface area contributed by atoms with E-state index in [9.17, 15) is 8.78 Å². The lowest BCUT2D eigenvalue weighted by Crippen LogP contribution is -2.14. The van der Waals surface area contributed by atoms with E-state index in [1.54, 1.807) is 0 Å². The van der Waals surface area contributed by atoms with Gasteiger partial charge in [-0.3, -0.25) is 4.74 Å². The minimum atomic E-state index is -3.53. The maximum absolute atomic E-state index is 11.4. The predicted octanol–water partition coefficient (Wildman–Crippen LogP) is 0.473. The number of hydrogen-bond acceptors (Lipinski definition) is 3. The number of alkyl halides is 2. The summed E-state index contributed by atoms with van der Waals surface area (Å²) >= 11 is 0. The van der Waals surface area contributed by atoms with Crippen LogP contribution in [0, 0.1) is 0 Å². The van der Waals surface area contributed by atoms with Crippen molar-refractivity contribution in [2.45, 2.75) is 6.29 Å². The highest BCUT2D eigenvalue weighted by atomic mass is 19.3. The lowest BCUT2D eigenvalue weighted by atomic mass is 11.2. The first-order chi connectivity index (χ1) is 3.21. The van der Waals surface area contributed by atoms with E-state index in [0.717, 1.165) is 0 Å². The molecular weight excluding hydrogens is 110 g/mol. The quantitative estimate of drug-likeness (QED) is 0.426. The summed E-state index contributed by atoms with van der Waals surface area (Å²) in [6, 6.07) is 0. The van der Waals surface area contributed by atoms with Gasteiger partial charge in [0.05, 0.1) is 0 Å². The molecule has 1 rings (SSSR count). The summed E-state index contributed by atoms with van der Waals surface area (Å²) in [7, 11) is 0. The summed E-state index contributed by atoms with van der Waals surface area (Å²) in [6.45, 7) is -0.507. The molecule has 0 aromatic carbocycles. The molecule has 3 nitrogen and oxygen atoms in total. The average molecular weight is 112 g/mol. The maximum Gasteiger partial charge on any atom is 0.514 e. The van der Waals surface area contributed by atoms with Gasteiger partial charge in [-0.1, -0.05) is 0 Å². The Bertz CT molecular complexity index is 65.3. The number of rotatable bonds is 0. The molecule has 0 unspecified atom stereocenters. The Kier molecular flexibility index (Phi) is 0.949. The molecule has 1 aliphatic rings. The fourth-order valence-electron chi connectivity index (χ4n) is 0.209. The third-order valence-electron chi connectivity index (χ3n) is 0.431. The van der Waals surface area contributed by atoms with Gasteiger partial charge in [0.15, 0.2) is 6.79 Å². The van der Waals surface area contributed by atoms with Gasteiger partial charge in [0.1, 0.15) is 0 Å². The van der Waals surface area contributed by atoms with E-state index in [0.29, 0.717) is 0 Å². The molecule has 0 bridgehead atoms. The topological polar surface area (TPSA) is 27.7 Å². The van der Waals surface area contributed by atoms with Gasteiger partial charge in [-0.05, 0) is 0 Å². The van der Waals surface area contributed by atoms with Crippen molar-refractivity contribution in [3.63, 3.8) is 0 Å². The van der Waals surface area contributed by atoms with Crippen molar-refractivity contribution in [2.24, 2.45) is 0 Å². The summed E-state index contributed by atoms with van der Waals surface area (Å²) < 4.78 is 26.3. The fraction of sp³-hybridized carbons (Fsp3) is 1.00. The van der Waals surface area contributed by atoms with Crippen LogP contribution in [-0.2, 0) is 14.5 Å². The van der Waals surface area contributed by atoms with Crippen molar-refractivity contribution in [3.05, 3.63) is 0 Å². The van der Waals surface area contributed by atoms with Crippen LogP contribution in [0.25, 0.3) is 0 Å². The molecule has 1 saturated heterocycles. The molecule has 7 heavy (non-hydrogen) atoms. The molecular formula is C2H2F2O3. The van der Waals surface area contributed by atoms with Crippen LogP contribution in [0.5, 0.6) is 0 Å². The van der Waals surface area contributed by atoms with Crippen LogP contribution in [0.1, 0.15) is 0 Å². The maximum atomic E-state index is 11.4. The molecule has 0 aliphatic carbocycles. The summed E-state index contributed by atoms with van der Waals surface area (Å²) in [5.74, 6) is 0. The first kappa shape index (κ1) is 4.89. The first-order valence-corrected chi connectivity index (χ1v) is 1.53. The van der Waals surface area contributed by atoms with E-state index in [1.165, 1.54) is 0 Å². The molecule has 1 aliphatic heterocycles. The summed E-state index contributed by atoms with van der Waals surface area (Å²) in [6.07, 6.45) is -3.53. The van der Waals surface area contributed by atoms with Gasteiger partial charge in [-0.15, -0.1) is 13.7 Å². The van der Waals surface area contributed by atoms with Crippen LogP contribution in [0.15, 0.2) is 0 Å². The largest absolute Gasteiger partial charge is 0.514 e. The van der Waals surface area contributed by atoms with Gasteiger partial charge in [0.2, 0.25) is 0 Å². The van der Waals surface area contributed by atoms with E-state index in [1.807, 2.05) is 0 Å². The van der Waals surface area contributed by atoms with Crippen molar-refractivity contribution < 1.29 is 23.3 Å². The highest BCUT2D eigenvalue weighted by Crippen LogP contribution is 2.22. The normalized spacial score (nSPS) is 28.3. The van der Waals surface area contributed by atoms with Crippen LogP contribution >= 0.6 is 0 Å². The van der Waals surface area contributed by atoms with E-state index in [2.05, 4.69) is 14.5 Å². The summed E-state index contributed by atoms with van der Waals surface area (Å²) in [4.78, 5) is 6.97. The van der Waals surface area contributed by atoms with E-state index >= 15 is 0 Å². The Morgan fingerprint density at radius 1 is 1.43 bits per heavy atom. The predicted molar refractivity (Wildman–Crippen MR) is 13.1 cm³/mol. The Labute approximate surface area is 37.7 Å². The molecule has 42 valence electrons. The smallest absolute Gasteiger partial charge is 0.264 e. The highest BCUT2D eigenvalue weighted by Gasteiger charge is 2.39. The van der Waals surface area contributed by atoms with Crippen molar-refractivity contribution in [3.8, 4) is 0 Å². The summed E-state index contributed by atoms with van der Waals surface area (Å²) in [5.41, 5.74) is 0. The third kappa shape index (κ3) is 1.05. The second kappa shape index (κ2) is 1.36. The SMILES string of the molecule is FC1(F)OCOO1. The highest BCUT2D eigenvalue weighted by molar-refractivity contribution is 4.25. The first-order valence-electron chi connectivity index (χ1n) is 1.53. The lowest BCUT2D eigenvalue weighted by Gasteiger charge is -1.97. The molecule has 1 heterocycles. The minimum Gasteiger partial charge on any atom is -0.264 e. The van der Waals surface area contributed by atoms with Gasteiger partial charge < -0.3 is 0 Å². The zero-order valence-corrected chi connectivity index (χ0v) is 3.19. The molecule has 0 aromatic rings. The van der Waals surface area contributed by atoms with Crippen LogP contribution < -0.4 is 0 Å². The Morgan fingerprint density at radius 3 is 2.29 bits per heavy atom. The van der Waals surface area contributed by atoms with E-state index in [-0.39, 0.29) is 0 Å². The van der Waals surface area contributed by atoms with E-state index in [4.69, 9.17) is 0 Å². The van der Waals surface area contributed by atoms with E-state index < -0.39 is 13.1 Å². The number of hydrogen-bond donors (Lipinski definition) is 0. The number of ether oxygens (including phenoxy) is 1. The standard InChI is InChI=1S/C2H2F2O3/c3-2(4)5-1-6-7-2/h1H2.